The molecule has 1 unspecified atom stereocenters. The van der Waals surface area contributed by atoms with Crippen molar-refractivity contribution in [1.29, 1.82) is 0 Å². The van der Waals surface area contributed by atoms with E-state index in [1.807, 2.05) is 0 Å². The lowest BCUT2D eigenvalue weighted by Crippen LogP contribution is -2.13. The first kappa shape index (κ1) is 14.6. The molecule has 98 valence electrons. The van der Waals surface area contributed by atoms with Crippen molar-refractivity contribution in [2.75, 3.05) is 6.61 Å². The van der Waals surface area contributed by atoms with Gasteiger partial charge in [-0.15, -0.1) is 18.2 Å². The molecule has 0 fully saturated rings. The van der Waals surface area contributed by atoms with Crippen LogP contribution in [-0.4, -0.2) is 18.0 Å². The lowest BCUT2D eigenvalue weighted by Gasteiger charge is -2.08. The van der Waals surface area contributed by atoms with Crippen LogP contribution in [0.4, 0.5) is 13.2 Å². The average molecular weight is 279 g/mol. The molecule has 0 amide bonds. The summed E-state index contributed by atoms with van der Waals surface area (Å²) >= 11 is 5.64. The number of ether oxygens (including phenoxy) is 1. The van der Waals surface area contributed by atoms with E-state index >= 15 is 0 Å². The van der Waals surface area contributed by atoms with Crippen molar-refractivity contribution in [1.82, 2.24) is 0 Å². The van der Waals surface area contributed by atoms with Crippen LogP contribution in [0.15, 0.2) is 36.9 Å². The monoisotopic (exact) mass is 278 g/mol. The third-order valence-electron chi connectivity index (χ3n) is 2.08. The van der Waals surface area contributed by atoms with Crippen molar-refractivity contribution in [3.05, 3.63) is 48.0 Å². The Morgan fingerprint density at radius 2 is 1.94 bits per heavy atom. The van der Waals surface area contributed by atoms with Gasteiger partial charge in [0, 0.05) is 0 Å². The predicted molar refractivity (Wildman–Crippen MR) is 61.6 cm³/mol. The van der Waals surface area contributed by atoms with E-state index in [1.54, 1.807) is 0 Å². The molecule has 0 aliphatic carbocycles. The molecule has 0 saturated heterocycles. The standard InChI is InChI=1S/C12H10ClF3O2/c1-2-10(13)7-18-11(17)8-3-5-9(6-4-8)12(14,15)16/h2-6,10H,1,7H2. The van der Waals surface area contributed by atoms with Gasteiger partial charge in [0.2, 0.25) is 0 Å². The smallest absolute Gasteiger partial charge is 0.416 e. The number of halogens is 4. The molecule has 0 saturated carbocycles. The van der Waals surface area contributed by atoms with Gasteiger partial charge in [-0.05, 0) is 24.3 Å². The van der Waals surface area contributed by atoms with Crippen LogP contribution in [0.3, 0.4) is 0 Å². The van der Waals surface area contributed by atoms with Gasteiger partial charge in [-0.3, -0.25) is 0 Å². The highest BCUT2D eigenvalue weighted by atomic mass is 35.5. The molecule has 1 rings (SSSR count). The van der Waals surface area contributed by atoms with Crippen molar-refractivity contribution in [2.24, 2.45) is 0 Å². The van der Waals surface area contributed by atoms with E-state index in [0.717, 1.165) is 24.3 Å². The summed E-state index contributed by atoms with van der Waals surface area (Å²) in [6.07, 6.45) is -3.03. The van der Waals surface area contributed by atoms with E-state index in [0.29, 0.717) is 0 Å². The summed E-state index contributed by atoms with van der Waals surface area (Å²) in [5, 5.41) is -0.525. The van der Waals surface area contributed by atoms with E-state index in [1.165, 1.54) is 6.08 Å². The second-order valence-corrected chi connectivity index (χ2v) is 3.99. The summed E-state index contributed by atoms with van der Waals surface area (Å²) in [4.78, 5) is 11.4. The molecule has 1 atom stereocenters. The molecule has 0 heterocycles. The Kier molecular flexibility index (Phi) is 4.78. The van der Waals surface area contributed by atoms with E-state index in [-0.39, 0.29) is 12.2 Å². The molecule has 0 radical (unpaired) electrons. The Bertz CT molecular complexity index is 426. The normalized spacial score (nSPS) is 12.9. The lowest BCUT2D eigenvalue weighted by atomic mass is 10.1. The molecular formula is C12H10ClF3O2. The second kappa shape index (κ2) is 5.91. The van der Waals surface area contributed by atoms with Crippen LogP contribution in [0.2, 0.25) is 0 Å². The molecule has 0 bridgehead atoms. The highest BCUT2D eigenvalue weighted by molar-refractivity contribution is 6.21. The van der Waals surface area contributed by atoms with Crippen LogP contribution in [-0.2, 0) is 10.9 Å². The molecule has 0 N–H and O–H groups in total. The summed E-state index contributed by atoms with van der Waals surface area (Å²) in [5.74, 6) is -0.726. The van der Waals surface area contributed by atoms with Crippen LogP contribution in [0.1, 0.15) is 15.9 Å². The van der Waals surface area contributed by atoms with Gasteiger partial charge in [-0.2, -0.15) is 13.2 Å². The number of rotatable bonds is 4. The summed E-state index contributed by atoms with van der Waals surface area (Å²) in [6, 6.07) is 3.76. The van der Waals surface area contributed by atoms with Gasteiger partial charge < -0.3 is 4.74 Å². The molecular weight excluding hydrogens is 269 g/mol. The van der Waals surface area contributed by atoms with Crippen molar-refractivity contribution in [3.63, 3.8) is 0 Å². The SMILES string of the molecule is C=CC(Cl)COC(=O)c1ccc(C(F)(F)F)cc1. The van der Waals surface area contributed by atoms with E-state index < -0.39 is 23.1 Å². The van der Waals surface area contributed by atoms with Gasteiger partial charge in [0.15, 0.2) is 0 Å². The minimum atomic E-state index is -4.42. The van der Waals surface area contributed by atoms with Gasteiger partial charge in [-0.25, -0.2) is 4.79 Å². The molecule has 1 aromatic carbocycles. The third kappa shape index (κ3) is 4.07. The highest BCUT2D eigenvalue weighted by Gasteiger charge is 2.30. The van der Waals surface area contributed by atoms with Crippen LogP contribution in [0.25, 0.3) is 0 Å². The van der Waals surface area contributed by atoms with Crippen LogP contribution < -0.4 is 0 Å². The zero-order valence-corrected chi connectivity index (χ0v) is 9.96. The maximum Gasteiger partial charge on any atom is 0.416 e. The third-order valence-corrected chi connectivity index (χ3v) is 2.38. The molecule has 18 heavy (non-hydrogen) atoms. The maximum absolute atomic E-state index is 12.3. The molecule has 0 aliphatic rings. The summed E-state index contributed by atoms with van der Waals surface area (Å²) in [7, 11) is 0. The molecule has 0 aromatic heterocycles. The quantitative estimate of drug-likeness (QED) is 0.477. The minimum Gasteiger partial charge on any atom is -0.460 e. The fraction of sp³-hybridized carbons (Fsp3) is 0.250. The van der Waals surface area contributed by atoms with Crippen molar-refractivity contribution < 1.29 is 22.7 Å². The summed E-state index contributed by atoms with van der Waals surface area (Å²) < 4.78 is 41.6. The topological polar surface area (TPSA) is 26.3 Å². The van der Waals surface area contributed by atoms with Crippen molar-refractivity contribution >= 4 is 17.6 Å². The summed E-state index contributed by atoms with van der Waals surface area (Å²) in [6.45, 7) is 3.32. The second-order valence-electron chi connectivity index (χ2n) is 3.43. The number of hydrogen-bond acceptors (Lipinski definition) is 2. The van der Waals surface area contributed by atoms with Gasteiger partial charge >= 0.3 is 12.1 Å². The fourth-order valence-electron chi connectivity index (χ4n) is 1.10. The number of carbonyl (C=O) groups is 1. The summed E-state index contributed by atoms with van der Waals surface area (Å²) in [5.41, 5.74) is -0.781. The van der Waals surface area contributed by atoms with E-state index in [4.69, 9.17) is 16.3 Å². The van der Waals surface area contributed by atoms with Gasteiger partial charge in [0.25, 0.3) is 0 Å². The lowest BCUT2D eigenvalue weighted by molar-refractivity contribution is -0.137. The maximum atomic E-state index is 12.3. The minimum absolute atomic E-state index is 0.0379. The first-order valence-corrected chi connectivity index (χ1v) is 5.39. The van der Waals surface area contributed by atoms with E-state index in [9.17, 15) is 18.0 Å². The highest BCUT2D eigenvalue weighted by Crippen LogP contribution is 2.29. The number of esters is 1. The van der Waals surface area contributed by atoms with Gasteiger partial charge in [0.1, 0.15) is 6.61 Å². The Labute approximate surface area is 107 Å². The predicted octanol–water partition coefficient (Wildman–Crippen LogP) is 3.66. The Morgan fingerprint density at radius 3 is 2.39 bits per heavy atom. The fourth-order valence-corrected chi connectivity index (χ4v) is 1.16. The van der Waals surface area contributed by atoms with Crippen molar-refractivity contribution in [3.8, 4) is 0 Å². The zero-order valence-electron chi connectivity index (χ0n) is 9.21. The van der Waals surface area contributed by atoms with Crippen molar-refractivity contribution in [2.45, 2.75) is 11.6 Å². The number of carbonyl (C=O) groups excluding carboxylic acids is 1. The van der Waals surface area contributed by atoms with Crippen LogP contribution >= 0.6 is 11.6 Å². The Balaban J connectivity index is 2.68. The molecule has 2 nitrogen and oxygen atoms in total. The number of benzene rings is 1. The van der Waals surface area contributed by atoms with Gasteiger partial charge in [0.05, 0.1) is 16.5 Å². The zero-order chi connectivity index (χ0) is 13.8. The first-order chi connectivity index (χ1) is 8.34. The molecule has 1 aromatic rings. The molecule has 0 spiro atoms. The largest absolute Gasteiger partial charge is 0.460 e. The number of alkyl halides is 4. The number of hydrogen-bond donors (Lipinski definition) is 0. The molecule has 0 aliphatic heterocycles. The first-order valence-electron chi connectivity index (χ1n) is 4.95. The van der Waals surface area contributed by atoms with Crippen LogP contribution in [0, 0.1) is 0 Å². The average Bonchev–Trinajstić information content (AvgIpc) is 2.34. The Hall–Kier alpha value is -1.49. The van der Waals surface area contributed by atoms with Gasteiger partial charge in [-0.1, -0.05) is 6.08 Å². The van der Waals surface area contributed by atoms with Crippen LogP contribution in [0.5, 0.6) is 0 Å². The van der Waals surface area contributed by atoms with E-state index in [2.05, 4.69) is 6.58 Å². The molecule has 6 heteroatoms. The Morgan fingerprint density at radius 1 is 1.39 bits per heavy atom.